The van der Waals surface area contributed by atoms with E-state index < -0.39 is 16.5 Å². The van der Waals surface area contributed by atoms with E-state index in [1.807, 2.05) is 0 Å². The molecule has 0 atom stereocenters. The summed E-state index contributed by atoms with van der Waals surface area (Å²) in [6, 6.07) is 7.87. The maximum absolute atomic E-state index is 11.5. The van der Waals surface area contributed by atoms with Gasteiger partial charge in [-0.05, 0) is 23.8 Å². The number of benzene rings is 1. The minimum Gasteiger partial charge on any atom is -0.478 e. The second-order valence-corrected chi connectivity index (χ2v) is 4.08. The highest BCUT2D eigenvalue weighted by molar-refractivity contribution is 5.87. The van der Waals surface area contributed by atoms with Crippen LogP contribution >= 0.6 is 0 Å². The van der Waals surface area contributed by atoms with Crippen LogP contribution in [0, 0.1) is 10.1 Å². The number of carboxylic acid groups (broad SMARTS) is 1. The summed E-state index contributed by atoms with van der Waals surface area (Å²) < 4.78 is 0.810. The van der Waals surface area contributed by atoms with Crippen LogP contribution < -0.4 is 10.4 Å². The van der Waals surface area contributed by atoms with Crippen LogP contribution in [0.4, 0.5) is 5.69 Å². The number of pyridine rings is 1. The molecule has 1 aromatic carbocycles. The Morgan fingerprint density at radius 3 is 2.48 bits per heavy atom. The van der Waals surface area contributed by atoms with Crippen LogP contribution in [0.5, 0.6) is 0 Å². The minimum absolute atomic E-state index is 0.0268. The number of nitrogens with zero attached hydrogens (tertiary/aromatic N) is 2. The van der Waals surface area contributed by atoms with Crippen molar-refractivity contribution in [1.82, 2.24) is 4.73 Å². The van der Waals surface area contributed by atoms with E-state index in [-0.39, 0.29) is 17.9 Å². The number of aromatic carboxylic acids is 1. The van der Waals surface area contributed by atoms with Crippen molar-refractivity contribution in [1.29, 1.82) is 0 Å². The third kappa shape index (κ3) is 3.44. The largest absolute Gasteiger partial charge is 0.478 e. The maximum atomic E-state index is 11.5. The van der Waals surface area contributed by atoms with Crippen LogP contribution in [0.1, 0.15) is 15.9 Å². The highest BCUT2D eigenvalue weighted by Crippen LogP contribution is 2.11. The van der Waals surface area contributed by atoms with Crippen molar-refractivity contribution in [3.8, 4) is 0 Å². The monoisotopic (exact) mass is 290 g/mol. The molecule has 21 heavy (non-hydrogen) atoms. The molecule has 0 bridgehead atoms. The summed E-state index contributed by atoms with van der Waals surface area (Å²) in [4.78, 5) is 37.5. The number of nitro groups is 1. The number of aromatic nitrogens is 1. The van der Waals surface area contributed by atoms with E-state index in [0.29, 0.717) is 5.56 Å². The van der Waals surface area contributed by atoms with E-state index >= 15 is 0 Å². The average molecular weight is 290 g/mol. The Kier molecular flexibility index (Phi) is 3.98. The number of carboxylic acids is 1. The molecule has 0 aliphatic heterocycles. The Labute approximate surface area is 117 Å². The molecule has 0 aliphatic carbocycles. The van der Waals surface area contributed by atoms with Gasteiger partial charge in [-0.15, -0.1) is 0 Å². The fourth-order valence-corrected chi connectivity index (χ4v) is 1.55. The lowest BCUT2D eigenvalue weighted by Gasteiger charge is -2.08. The minimum atomic E-state index is -1.18. The van der Waals surface area contributed by atoms with Gasteiger partial charge >= 0.3 is 5.97 Å². The maximum Gasteiger partial charge on any atom is 0.337 e. The molecule has 0 saturated heterocycles. The topological polar surface area (TPSA) is 112 Å². The lowest BCUT2D eigenvalue weighted by Crippen LogP contribution is -2.26. The van der Waals surface area contributed by atoms with Crippen molar-refractivity contribution in [3.05, 3.63) is 74.2 Å². The van der Waals surface area contributed by atoms with Gasteiger partial charge < -0.3 is 9.94 Å². The molecular weight excluding hydrogens is 280 g/mol. The van der Waals surface area contributed by atoms with Gasteiger partial charge in [-0.2, -0.15) is 4.73 Å². The molecule has 0 fully saturated rings. The molecular formula is C13H10N2O6. The Morgan fingerprint density at radius 1 is 1.24 bits per heavy atom. The summed E-state index contributed by atoms with van der Waals surface area (Å²) in [7, 11) is 0. The lowest BCUT2D eigenvalue weighted by molar-refractivity contribution is -0.384. The number of nitro benzene ring substituents is 1. The van der Waals surface area contributed by atoms with Gasteiger partial charge in [0, 0.05) is 18.2 Å². The summed E-state index contributed by atoms with van der Waals surface area (Å²) in [5.74, 6) is -1.18. The zero-order valence-corrected chi connectivity index (χ0v) is 10.6. The molecule has 0 amide bonds. The predicted molar refractivity (Wildman–Crippen MR) is 71.0 cm³/mol. The van der Waals surface area contributed by atoms with E-state index in [0.717, 1.165) is 17.0 Å². The first-order valence-corrected chi connectivity index (χ1v) is 5.80. The van der Waals surface area contributed by atoms with Gasteiger partial charge in [0.1, 0.15) is 6.61 Å². The van der Waals surface area contributed by atoms with Gasteiger partial charge in [0.15, 0.2) is 0 Å². The second kappa shape index (κ2) is 5.87. The Bertz CT molecular complexity index is 735. The molecule has 2 aromatic rings. The Balaban J connectivity index is 2.12. The smallest absolute Gasteiger partial charge is 0.337 e. The van der Waals surface area contributed by atoms with Crippen LogP contribution in [-0.4, -0.2) is 20.7 Å². The van der Waals surface area contributed by atoms with Crippen molar-refractivity contribution >= 4 is 11.7 Å². The highest BCUT2D eigenvalue weighted by Gasteiger charge is 2.07. The third-order valence-corrected chi connectivity index (χ3v) is 2.64. The van der Waals surface area contributed by atoms with Gasteiger partial charge in [0.05, 0.1) is 16.7 Å². The number of rotatable bonds is 5. The van der Waals surface area contributed by atoms with Crippen molar-refractivity contribution in [3.63, 3.8) is 0 Å². The van der Waals surface area contributed by atoms with Crippen LogP contribution in [0.2, 0.25) is 0 Å². The number of carbonyl (C=O) groups is 1. The SMILES string of the molecule is O=C(O)c1ccc(=O)n(OCc2ccc([N+](=O)[O-])cc2)c1. The van der Waals surface area contributed by atoms with Crippen molar-refractivity contribution in [2.24, 2.45) is 0 Å². The third-order valence-electron chi connectivity index (χ3n) is 2.64. The molecule has 1 heterocycles. The average Bonchev–Trinajstić information content (AvgIpc) is 2.46. The summed E-state index contributed by atoms with van der Waals surface area (Å²) >= 11 is 0. The second-order valence-electron chi connectivity index (χ2n) is 4.08. The molecule has 0 radical (unpaired) electrons. The molecule has 2 rings (SSSR count). The zero-order chi connectivity index (χ0) is 15.4. The summed E-state index contributed by atoms with van der Waals surface area (Å²) in [6.45, 7) is -0.0268. The van der Waals surface area contributed by atoms with E-state index in [4.69, 9.17) is 9.94 Å². The zero-order valence-electron chi connectivity index (χ0n) is 10.6. The van der Waals surface area contributed by atoms with Crippen LogP contribution in [0.25, 0.3) is 0 Å². The molecule has 0 unspecified atom stereocenters. The van der Waals surface area contributed by atoms with Gasteiger partial charge in [-0.25, -0.2) is 4.79 Å². The van der Waals surface area contributed by atoms with E-state index in [1.165, 1.54) is 30.3 Å². The van der Waals surface area contributed by atoms with E-state index in [1.54, 1.807) is 0 Å². The number of hydrogen-bond donors (Lipinski definition) is 1. The quantitative estimate of drug-likeness (QED) is 0.651. The van der Waals surface area contributed by atoms with Crippen LogP contribution in [-0.2, 0) is 6.61 Å². The Morgan fingerprint density at radius 2 is 1.90 bits per heavy atom. The molecule has 0 saturated carbocycles. The first-order chi connectivity index (χ1) is 9.97. The van der Waals surface area contributed by atoms with Crippen LogP contribution in [0.3, 0.4) is 0 Å². The van der Waals surface area contributed by atoms with E-state index in [9.17, 15) is 19.7 Å². The molecule has 0 aliphatic rings. The first kappa shape index (κ1) is 14.3. The van der Waals surface area contributed by atoms with Gasteiger partial charge in [-0.1, -0.05) is 0 Å². The van der Waals surface area contributed by atoms with Crippen molar-refractivity contribution in [2.45, 2.75) is 6.61 Å². The van der Waals surface area contributed by atoms with Gasteiger partial charge in [0.25, 0.3) is 11.2 Å². The molecule has 108 valence electrons. The first-order valence-electron chi connectivity index (χ1n) is 5.80. The molecule has 1 N–H and O–H groups in total. The summed E-state index contributed by atoms with van der Waals surface area (Å²) in [5.41, 5.74) is -0.0442. The summed E-state index contributed by atoms with van der Waals surface area (Å²) in [6.07, 6.45) is 1.07. The molecule has 8 heteroatoms. The fraction of sp³-hybridized carbons (Fsp3) is 0.0769. The van der Waals surface area contributed by atoms with Gasteiger partial charge in [-0.3, -0.25) is 14.9 Å². The number of hydrogen-bond acceptors (Lipinski definition) is 5. The summed E-state index contributed by atoms with van der Waals surface area (Å²) in [5, 5.41) is 19.3. The van der Waals surface area contributed by atoms with Gasteiger partial charge in [0.2, 0.25) is 0 Å². The Hall–Kier alpha value is -3.16. The lowest BCUT2D eigenvalue weighted by atomic mass is 10.2. The van der Waals surface area contributed by atoms with Crippen molar-refractivity contribution < 1.29 is 19.7 Å². The van der Waals surface area contributed by atoms with E-state index in [2.05, 4.69) is 0 Å². The molecule has 0 spiro atoms. The predicted octanol–water partition coefficient (Wildman–Crippen LogP) is 1.08. The standard InChI is InChI=1S/C13H10N2O6/c16-12-6-3-10(13(17)18)7-14(12)21-8-9-1-4-11(5-2-9)15(19)20/h1-7H,8H2,(H,17,18). The highest BCUT2D eigenvalue weighted by atomic mass is 16.7. The molecule has 8 nitrogen and oxygen atoms in total. The normalized spacial score (nSPS) is 10.1. The molecule has 1 aromatic heterocycles. The van der Waals surface area contributed by atoms with Crippen LogP contribution in [0.15, 0.2) is 47.4 Å². The number of non-ortho nitro benzene ring substituents is 1. The fourth-order valence-electron chi connectivity index (χ4n) is 1.55. The van der Waals surface area contributed by atoms with Crippen molar-refractivity contribution in [2.75, 3.05) is 0 Å².